The van der Waals surface area contributed by atoms with E-state index in [1.165, 1.54) is 0 Å². The van der Waals surface area contributed by atoms with Crippen LogP contribution >= 0.6 is 23.5 Å². The van der Waals surface area contributed by atoms with Crippen LogP contribution in [0.1, 0.15) is 0 Å². The predicted molar refractivity (Wildman–Crippen MR) is 32.8 cm³/mol. The fraction of sp³-hybridized carbons (Fsp3) is 0. The minimum Gasteiger partial charge on any atom is -0.790 e. The summed E-state index contributed by atoms with van der Waals surface area (Å²) in [6.07, 6.45) is 0. The van der Waals surface area contributed by atoms with Crippen LogP contribution in [-0.4, -0.2) is 19.6 Å². The van der Waals surface area contributed by atoms with Gasteiger partial charge in [-0.1, -0.05) is 0 Å². The first-order chi connectivity index (χ1) is 5.71. The van der Waals surface area contributed by atoms with Crippen LogP contribution in [0, 0.1) is 0 Å². The van der Waals surface area contributed by atoms with Crippen molar-refractivity contribution in [2.45, 2.75) is 0 Å². The summed E-state index contributed by atoms with van der Waals surface area (Å²) < 4.78 is 30.3. The van der Waals surface area contributed by atoms with E-state index in [2.05, 4.69) is 4.31 Å². The third-order valence-electron chi connectivity index (χ3n) is 0.203. The number of rotatable bonds is 2. The van der Waals surface area contributed by atoms with Gasteiger partial charge in [0, 0.05) is 0 Å². The molecule has 0 aromatic heterocycles. The van der Waals surface area contributed by atoms with Crippen LogP contribution in [0.5, 0.6) is 0 Å². The van der Waals surface area contributed by atoms with E-state index in [0.29, 0.717) is 0 Å². The molecule has 0 radical (unpaired) electrons. The zero-order valence-corrected chi connectivity index (χ0v) is 18.8. The van der Waals surface area contributed by atoms with E-state index in [1.807, 2.05) is 0 Å². The maximum absolute atomic E-state index is 9.44. The second kappa shape index (κ2) is 13.7. The van der Waals surface area contributed by atoms with Gasteiger partial charge in [-0.05, 0) is 0 Å². The normalized spacial score (nSPS) is 13.6. The average molecular weight is 358 g/mol. The summed E-state index contributed by atoms with van der Waals surface area (Å²) in [7, 11) is -15.7. The molecular weight excluding hydrogens is 354 g/mol. The van der Waals surface area contributed by atoms with Crippen molar-refractivity contribution in [3.8, 4) is 0 Å². The van der Waals surface area contributed by atoms with Gasteiger partial charge in [-0.15, -0.1) is 0 Å². The van der Waals surface area contributed by atoms with E-state index >= 15 is 0 Å². The van der Waals surface area contributed by atoms with Crippen LogP contribution in [0.2, 0.25) is 0 Å². The molecule has 0 bridgehead atoms. The average Bonchev–Trinajstić information content (AvgIpc) is 1.42. The van der Waals surface area contributed by atoms with Gasteiger partial charge in [0.2, 0.25) is 0 Å². The summed E-state index contributed by atoms with van der Waals surface area (Å²) in [6.45, 7) is 0. The monoisotopic (exact) mass is 358 g/mol. The summed E-state index contributed by atoms with van der Waals surface area (Å²) in [5, 5.41) is 0. The van der Waals surface area contributed by atoms with Gasteiger partial charge < -0.3 is 38.8 Å². The number of hydrogen-bond donors (Lipinski definition) is 4. The second-order valence-corrected chi connectivity index (χ2v) is 5.02. The van der Waals surface area contributed by atoms with Gasteiger partial charge in [-0.2, -0.15) is 0 Å². The summed E-state index contributed by atoms with van der Waals surface area (Å²) in [5.41, 5.74) is 0. The molecule has 0 amide bonds. The topological polar surface area (TPSA) is 211 Å². The Balaban J connectivity index is -0.0000000533. The van der Waals surface area contributed by atoms with Crippen molar-refractivity contribution in [2.24, 2.45) is 0 Å². The standard InChI is InChI=1S/K.2Na.H4O7P2.H3O4P/c;;;1-8(2,3)7-9(4,5)6;1-5(2,3)4/h;;;(H2,1,2,3)(H2,4,5,6);(H3,1,2,3,4)/q3*+1;;/p-3. The van der Waals surface area contributed by atoms with Crippen molar-refractivity contribution in [3.05, 3.63) is 0 Å². The Kier molecular flexibility index (Phi) is 26.4. The van der Waals surface area contributed by atoms with Crippen LogP contribution in [0.25, 0.3) is 0 Å². The van der Waals surface area contributed by atoms with Crippen molar-refractivity contribution >= 4 is 23.5 Å². The second-order valence-electron chi connectivity index (χ2n) is 1.51. The Morgan fingerprint density at radius 1 is 0.824 bits per heavy atom. The van der Waals surface area contributed by atoms with E-state index < -0.39 is 23.5 Å². The number of hydrogen-bond acceptors (Lipinski definition) is 7. The molecule has 0 aliphatic rings. The summed E-state index contributed by atoms with van der Waals surface area (Å²) >= 11 is 0. The fourth-order valence-electron chi connectivity index (χ4n) is 0.126. The molecular formula is H4KNa2O11P3. The molecule has 0 saturated heterocycles. The van der Waals surface area contributed by atoms with Crippen LogP contribution in [-0.2, 0) is 18.0 Å². The molecule has 0 saturated carbocycles. The van der Waals surface area contributed by atoms with E-state index in [1.54, 1.807) is 0 Å². The first-order valence-corrected chi connectivity index (χ1v) is 6.78. The molecule has 0 heterocycles. The Morgan fingerprint density at radius 2 is 1.00 bits per heavy atom. The maximum Gasteiger partial charge on any atom is 1.00 e. The van der Waals surface area contributed by atoms with Gasteiger partial charge in [0.1, 0.15) is 0 Å². The molecule has 1 atom stereocenters. The molecule has 17 heavy (non-hydrogen) atoms. The quantitative estimate of drug-likeness (QED) is 0.269. The Labute approximate surface area is 182 Å². The molecule has 0 spiro atoms. The smallest absolute Gasteiger partial charge is 0.790 e. The van der Waals surface area contributed by atoms with Crippen molar-refractivity contribution < 1.29 is 163 Å². The number of phosphoric acid groups is 3. The molecule has 17 heteroatoms. The SMILES string of the molecule is O=P(O)(O)O.O=P([O-])([O-])OP(=O)([O-])O.[K+].[Na+].[Na+]. The van der Waals surface area contributed by atoms with E-state index in [4.69, 9.17) is 24.1 Å². The Bertz CT molecular complexity index is 268. The predicted octanol–water partition coefficient (Wildman–Crippen LogP) is -12.6. The zero-order valence-electron chi connectivity index (χ0n) is 8.99. The van der Waals surface area contributed by atoms with E-state index in [-0.39, 0.29) is 110 Å². The molecule has 11 nitrogen and oxygen atoms in total. The molecule has 0 aliphatic heterocycles. The minimum atomic E-state index is -5.61. The molecule has 1 unspecified atom stereocenters. The maximum atomic E-state index is 9.44. The Morgan fingerprint density at radius 3 is 1.00 bits per heavy atom. The minimum absolute atomic E-state index is 0. The van der Waals surface area contributed by atoms with Crippen LogP contribution in [0.3, 0.4) is 0 Å². The van der Waals surface area contributed by atoms with Gasteiger partial charge in [0.25, 0.3) is 7.82 Å². The fourth-order valence-corrected chi connectivity index (χ4v) is 1.14. The summed E-state index contributed by atoms with van der Waals surface area (Å²) in [6, 6.07) is 0. The van der Waals surface area contributed by atoms with Gasteiger partial charge in [0.15, 0.2) is 0 Å². The first kappa shape index (κ1) is 32.8. The van der Waals surface area contributed by atoms with E-state index in [9.17, 15) is 23.8 Å². The van der Waals surface area contributed by atoms with Gasteiger partial charge >= 0.3 is 118 Å². The zero-order chi connectivity index (χ0) is 12.2. The summed E-state index contributed by atoms with van der Waals surface area (Å²) in [5.74, 6) is 0. The first-order valence-electron chi connectivity index (χ1n) is 2.26. The molecule has 0 aliphatic carbocycles. The molecule has 88 valence electrons. The van der Waals surface area contributed by atoms with Gasteiger partial charge in [0.05, 0.1) is 7.82 Å². The molecule has 4 N–H and O–H groups in total. The molecule has 0 rings (SSSR count). The van der Waals surface area contributed by atoms with Crippen molar-refractivity contribution in [1.82, 2.24) is 0 Å². The third kappa shape index (κ3) is 64.8. The van der Waals surface area contributed by atoms with Crippen molar-refractivity contribution in [1.29, 1.82) is 0 Å². The van der Waals surface area contributed by atoms with Crippen LogP contribution < -0.4 is 125 Å². The van der Waals surface area contributed by atoms with Crippen molar-refractivity contribution in [3.63, 3.8) is 0 Å². The van der Waals surface area contributed by atoms with Gasteiger partial charge in [-0.25, -0.2) is 4.57 Å². The van der Waals surface area contributed by atoms with Gasteiger partial charge in [-0.3, -0.25) is 8.88 Å². The molecule has 0 aromatic rings. The van der Waals surface area contributed by atoms with Crippen molar-refractivity contribution in [2.75, 3.05) is 0 Å². The summed E-state index contributed by atoms with van der Waals surface area (Å²) in [4.78, 5) is 57.3. The Hall–Kier alpha value is 4.01. The molecule has 0 aromatic carbocycles. The largest absolute Gasteiger partial charge is 1.00 e. The van der Waals surface area contributed by atoms with Crippen LogP contribution in [0.15, 0.2) is 0 Å². The molecule has 0 fully saturated rings. The third-order valence-corrected chi connectivity index (χ3v) is 1.83. The van der Waals surface area contributed by atoms with Crippen LogP contribution in [0.4, 0.5) is 0 Å². The van der Waals surface area contributed by atoms with E-state index in [0.717, 1.165) is 0 Å².